The largest absolute Gasteiger partial charge is 0.368 e. The van der Waals surface area contributed by atoms with E-state index in [1.807, 2.05) is 24.6 Å². The van der Waals surface area contributed by atoms with Crippen LogP contribution in [0.2, 0.25) is 0 Å². The molecule has 37 heavy (non-hydrogen) atoms. The molecule has 2 unspecified atom stereocenters. The Hall–Kier alpha value is -3.31. The third kappa shape index (κ3) is 4.00. The van der Waals surface area contributed by atoms with Crippen LogP contribution in [0.3, 0.4) is 0 Å². The highest BCUT2D eigenvalue weighted by molar-refractivity contribution is 7.17. The molecule has 2 aliphatic carbocycles. The summed E-state index contributed by atoms with van der Waals surface area (Å²) in [7, 11) is 0. The van der Waals surface area contributed by atoms with E-state index in [0.29, 0.717) is 11.8 Å². The summed E-state index contributed by atoms with van der Waals surface area (Å²) in [4.78, 5) is 14.4. The number of nitrogens with zero attached hydrogens (tertiary/aromatic N) is 8. The van der Waals surface area contributed by atoms with Crippen molar-refractivity contribution in [2.24, 2.45) is 11.8 Å². The number of nitrogen functional groups attached to an aromatic ring is 1. The second-order valence-corrected chi connectivity index (χ2v) is 11.6. The molecular weight excluding hydrogens is 484 g/mol. The predicted molar refractivity (Wildman–Crippen MR) is 147 cm³/mol. The van der Waals surface area contributed by atoms with E-state index in [-0.39, 0.29) is 5.95 Å². The lowest BCUT2D eigenvalue weighted by Crippen LogP contribution is -2.52. The first-order valence-corrected chi connectivity index (χ1v) is 14.1. The van der Waals surface area contributed by atoms with Gasteiger partial charge >= 0.3 is 0 Å². The van der Waals surface area contributed by atoms with Crippen molar-refractivity contribution in [2.45, 2.75) is 45.6 Å². The van der Waals surface area contributed by atoms with Crippen LogP contribution in [0.25, 0.3) is 15.9 Å². The van der Waals surface area contributed by atoms with E-state index in [1.165, 1.54) is 30.4 Å². The smallest absolute Gasteiger partial charge is 0.248 e. The summed E-state index contributed by atoms with van der Waals surface area (Å²) >= 11 is 1.59. The van der Waals surface area contributed by atoms with Crippen molar-refractivity contribution < 1.29 is 0 Å². The molecule has 0 amide bonds. The highest BCUT2D eigenvalue weighted by Crippen LogP contribution is 2.46. The van der Waals surface area contributed by atoms with Crippen molar-refractivity contribution in [3.8, 4) is 5.82 Å². The molecule has 0 radical (unpaired) electrons. The molecule has 3 aliphatic rings. The fourth-order valence-corrected chi connectivity index (χ4v) is 7.60. The van der Waals surface area contributed by atoms with Crippen molar-refractivity contribution in [1.82, 2.24) is 34.8 Å². The van der Waals surface area contributed by atoms with Crippen LogP contribution >= 0.6 is 11.3 Å². The number of rotatable bonds is 5. The first-order chi connectivity index (χ1) is 18.0. The van der Waals surface area contributed by atoms with Gasteiger partial charge in [-0.15, -0.1) is 21.5 Å². The molecule has 3 fully saturated rings. The monoisotopic (exact) mass is 516 g/mol. The minimum atomic E-state index is 0.255. The second-order valence-electron chi connectivity index (χ2n) is 10.7. The van der Waals surface area contributed by atoms with E-state index in [2.05, 4.69) is 48.4 Å². The van der Waals surface area contributed by atoms with E-state index >= 15 is 0 Å². The standard InChI is InChI=1S/C26H32N10S/c1-15-11-19(14-28-23(15)35-8-6-34(7-9-35)21-13-17-3-4-18(21)12-17)29-26-30-25(27)36(33-26)24-22-20(5-10-37-22)16(2)31-32-24/h5,10-11,14,17-18,21H,3-4,6-9,12-13H2,1-2H3,(H3,27,29,30,33)/t17?,18?,21-/m0/s1. The van der Waals surface area contributed by atoms with Crippen LogP contribution in [0, 0.1) is 25.7 Å². The number of hydrogen-bond acceptors (Lipinski definition) is 10. The zero-order valence-electron chi connectivity index (χ0n) is 21.3. The van der Waals surface area contributed by atoms with Gasteiger partial charge in [0.2, 0.25) is 11.9 Å². The number of nitrogens with one attached hydrogen (secondary N) is 1. The number of aromatic nitrogens is 6. The van der Waals surface area contributed by atoms with Crippen molar-refractivity contribution in [2.75, 3.05) is 42.1 Å². The summed E-state index contributed by atoms with van der Waals surface area (Å²) in [6, 6.07) is 4.96. The molecule has 4 aromatic rings. The summed E-state index contributed by atoms with van der Waals surface area (Å²) in [5.41, 5.74) is 9.06. The van der Waals surface area contributed by atoms with Gasteiger partial charge in [0.05, 0.1) is 22.3 Å². The van der Waals surface area contributed by atoms with Crippen LogP contribution in [-0.2, 0) is 0 Å². The normalized spacial score (nSPS) is 23.8. The molecule has 2 bridgehead atoms. The van der Waals surface area contributed by atoms with Gasteiger partial charge in [-0.3, -0.25) is 4.90 Å². The Bertz CT molecular complexity index is 1450. The molecule has 7 rings (SSSR count). The number of thiophene rings is 1. The summed E-state index contributed by atoms with van der Waals surface area (Å²) in [6.45, 7) is 8.40. The first-order valence-electron chi connectivity index (χ1n) is 13.2. The van der Waals surface area contributed by atoms with E-state index in [0.717, 1.165) is 76.9 Å². The lowest BCUT2D eigenvalue weighted by Gasteiger charge is -2.41. The van der Waals surface area contributed by atoms with Crippen LogP contribution in [0.15, 0.2) is 23.7 Å². The SMILES string of the molecule is Cc1cc(Nc2nc(N)n(-c3nnc(C)c4ccsc34)n2)cnc1N1CCN([C@H]2CC3CCC2C3)CC1. The van der Waals surface area contributed by atoms with Gasteiger partial charge in [0.1, 0.15) is 5.82 Å². The average molecular weight is 517 g/mol. The fourth-order valence-electron chi connectivity index (χ4n) is 6.68. The molecule has 1 aliphatic heterocycles. The molecule has 11 heteroatoms. The molecule has 3 N–H and O–H groups in total. The third-order valence-corrected chi connectivity index (χ3v) is 9.39. The van der Waals surface area contributed by atoms with E-state index in [1.54, 1.807) is 11.3 Å². The van der Waals surface area contributed by atoms with Crippen LogP contribution in [0.4, 0.5) is 23.4 Å². The minimum absolute atomic E-state index is 0.255. The summed E-state index contributed by atoms with van der Waals surface area (Å²) in [5.74, 6) is 4.24. The number of hydrogen-bond donors (Lipinski definition) is 2. The summed E-state index contributed by atoms with van der Waals surface area (Å²) < 4.78 is 2.52. The Morgan fingerprint density at radius 2 is 1.92 bits per heavy atom. The van der Waals surface area contributed by atoms with E-state index in [4.69, 9.17) is 10.7 Å². The van der Waals surface area contributed by atoms with Gasteiger partial charge in [-0.05, 0) is 68.0 Å². The second kappa shape index (κ2) is 8.91. The molecule has 5 heterocycles. The molecule has 0 spiro atoms. The van der Waals surface area contributed by atoms with Crippen molar-refractivity contribution in [1.29, 1.82) is 0 Å². The van der Waals surface area contributed by atoms with E-state index < -0.39 is 0 Å². The molecule has 3 atom stereocenters. The Kier molecular flexibility index (Phi) is 5.51. The number of fused-ring (bicyclic) bond motifs is 3. The van der Waals surface area contributed by atoms with Gasteiger partial charge in [0, 0.05) is 37.6 Å². The number of pyridine rings is 1. The van der Waals surface area contributed by atoms with E-state index in [9.17, 15) is 0 Å². The molecular formula is C26H32N10S. The third-order valence-electron chi connectivity index (χ3n) is 8.48. The maximum atomic E-state index is 6.21. The average Bonchev–Trinajstić information content (AvgIpc) is 3.70. The number of nitrogens with two attached hydrogens (primary N) is 1. The maximum Gasteiger partial charge on any atom is 0.248 e. The number of anilines is 4. The lowest BCUT2D eigenvalue weighted by atomic mass is 9.93. The predicted octanol–water partition coefficient (Wildman–Crippen LogP) is 3.92. The Balaban J connectivity index is 1.04. The molecule has 2 saturated carbocycles. The first kappa shape index (κ1) is 22.9. The zero-order valence-corrected chi connectivity index (χ0v) is 22.1. The molecule has 4 aromatic heterocycles. The van der Waals surface area contributed by atoms with Gasteiger partial charge in [-0.1, -0.05) is 6.42 Å². The maximum absolute atomic E-state index is 6.21. The van der Waals surface area contributed by atoms with Crippen molar-refractivity contribution in [3.05, 3.63) is 35.0 Å². The quantitative estimate of drug-likeness (QED) is 0.407. The molecule has 10 nitrogen and oxygen atoms in total. The zero-order chi connectivity index (χ0) is 25.1. The lowest BCUT2D eigenvalue weighted by molar-refractivity contribution is 0.134. The Morgan fingerprint density at radius 1 is 1.05 bits per heavy atom. The van der Waals surface area contributed by atoms with Gasteiger partial charge in [0.15, 0.2) is 5.82 Å². The van der Waals surface area contributed by atoms with Gasteiger partial charge < -0.3 is 16.0 Å². The van der Waals surface area contributed by atoms with Gasteiger partial charge in [-0.25, -0.2) is 4.98 Å². The number of piperazine rings is 1. The van der Waals surface area contributed by atoms with Crippen molar-refractivity contribution in [3.63, 3.8) is 0 Å². The Morgan fingerprint density at radius 3 is 2.68 bits per heavy atom. The topological polar surface area (TPSA) is 114 Å². The summed E-state index contributed by atoms with van der Waals surface area (Å²) in [6.07, 6.45) is 7.65. The number of aryl methyl sites for hydroxylation is 2. The van der Waals surface area contributed by atoms with Crippen LogP contribution < -0.4 is 16.0 Å². The van der Waals surface area contributed by atoms with Crippen molar-refractivity contribution >= 4 is 44.8 Å². The molecule has 192 valence electrons. The van der Waals surface area contributed by atoms with Crippen LogP contribution in [0.5, 0.6) is 0 Å². The highest BCUT2D eigenvalue weighted by Gasteiger charge is 2.42. The van der Waals surface area contributed by atoms with Gasteiger partial charge in [0.25, 0.3) is 0 Å². The highest BCUT2D eigenvalue weighted by atomic mass is 32.1. The van der Waals surface area contributed by atoms with Crippen LogP contribution in [0.1, 0.15) is 36.9 Å². The van der Waals surface area contributed by atoms with Gasteiger partial charge in [-0.2, -0.15) is 14.8 Å². The minimum Gasteiger partial charge on any atom is -0.368 e. The Labute approximate surface area is 219 Å². The molecule has 1 saturated heterocycles. The van der Waals surface area contributed by atoms with Crippen LogP contribution in [-0.4, -0.2) is 67.1 Å². The molecule has 0 aromatic carbocycles. The summed E-state index contributed by atoms with van der Waals surface area (Å²) in [5, 5.41) is 19.5. The fraction of sp³-hybridized carbons (Fsp3) is 0.500.